The van der Waals surface area contributed by atoms with Gasteiger partial charge in [0, 0.05) is 22.8 Å². The van der Waals surface area contributed by atoms with Crippen LogP contribution in [0.1, 0.15) is 15.9 Å². The summed E-state index contributed by atoms with van der Waals surface area (Å²) < 4.78 is 6.48. The normalized spacial score (nSPS) is 10.3. The number of anilines is 1. The van der Waals surface area contributed by atoms with Crippen molar-refractivity contribution in [3.63, 3.8) is 0 Å². The van der Waals surface area contributed by atoms with Crippen molar-refractivity contribution in [2.75, 3.05) is 18.5 Å². The molecule has 0 atom stereocenters. The maximum atomic E-state index is 11.3. The van der Waals surface area contributed by atoms with Gasteiger partial charge in [-0.3, -0.25) is 4.79 Å². The van der Waals surface area contributed by atoms with Crippen molar-refractivity contribution >= 4 is 39.1 Å². The van der Waals surface area contributed by atoms with Crippen LogP contribution in [0, 0.1) is 6.92 Å². The molecule has 116 valence electrons. The number of rotatable bonds is 6. The first-order valence-electron chi connectivity index (χ1n) is 6.70. The molecule has 0 fully saturated rings. The molecule has 0 aliphatic heterocycles. The molecule has 0 aromatic heterocycles. The number of carbonyl (C=O) groups is 1. The lowest BCUT2D eigenvalue weighted by atomic mass is 10.1. The molecule has 0 unspecified atom stereocenters. The van der Waals surface area contributed by atoms with E-state index in [0.29, 0.717) is 23.7 Å². The monoisotopic (exact) mass is 382 g/mol. The maximum absolute atomic E-state index is 11.3. The van der Waals surface area contributed by atoms with E-state index in [4.69, 9.17) is 22.1 Å². The fourth-order valence-electron chi connectivity index (χ4n) is 2.03. The van der Waals surface area contributed by atoms with Gasteiger partial charge >= 0.3 is 0 Å². The summed E-state index contributed by atoms with van der Waals surface area (Å²) in [5, 5.41) is 3.88. The number of amides is 1. The van der Waals surface area contributed by atoms with Crippen LogP contribution in [0.3, 0.4) is 0 Å². The Labute approximate surface area is 142 Å². The fourth-order valence-corrected chi connectivity index (χ4v) is 2.83. The highest BCUT2D eigenvalue weighted by Gasteiger charge is 2.08. The predicted octanol–water partition coefficient (Wildman–Crippen LogP) is 4.00. The van der Waals surface area contributed by atoms with E-state index in [2.05, 4.69) is 21.2 Å². The smallest absolute Gasteiger partial charge is 0.249 e. The molecule has 0 aliphatic carbocycles. The minimum Gasteiger partial charge on any atom is -0.491 e. The Balaban J connectivity index is 1.92. The van der Waals surface area contributed by atoms with Crippen molar-refractivity contribution in [2.24, 2.45) is 5.73 Å². The van der Waals surface area contributed by atoms with Crippen molar-refractivity contribution in [2.45, 2.75) is 6.92 Å². The summed E-state index contributed by atoms with van der Waals surface area (Å²) >= 11 is 9.28. The van der Waals surface area contributed by atoms with Crippen LogP contribution in [0.5, 0.6) is 5.75 Å². The lowest BCUT2D eigenvalue weighted by Gasteiger charge is -2.13. The average molecular weight is 384 g/mol. The van der Waals surface area contributed by atoms with Gasteiger partial charge in [-0.05, 0) is 58.7 Å². The van der Waals surface area contributed by atoms with Crippen LogP contribution in [0.2, 0.25) is 5.02 Å². The van der Waals surface area contributed by atoms with E-state index in [9.17, 15) is 4.79 Å². The van der Waals surface area contributed by atoms with Crippen LogP contribution in [-0.4, -0.2) is 19.1 Å². The summed E-state index contributed by atoms with van der Waals surface area (Å²) in [6, 6.07) is 10.8. The number of halogens is 2. The van der Waals surface area contributed by atoms with Gasteiger partial charge in [-0.2, -0.15) is 0 Å². The Kier molecular flexibility index (Phi) is 5.69. The minimum absolute atomic E-state index is 0.428. The number of benzene rings is 2. The lowest BCUT2D eigenvalue weighted by Crippen LogP contribution is -2.16. The highest BCUT2D eigenvalue weighted by atomic mass is 79.9. The molecule has 2 rings (SSSR count). The zero-order valence-corrected chi connectivity index (χ0v) is 14.4. The molecule has 2 aromatic carbocycles. The van der Waals surface area contributed by atoms with E-state index in [1.807, 2.05) is 19.1 Å². The van der Waals surface area contributed by atoms with E-state index in [-0.39, 0.29) is 0 Å². The van der Waals surface area contributed by atoms with Gasteiger partial charge in [-0.1, -0.05) is 17.7 Å². The van der Waals surface area contributed by atoms with Crippen molar-refractivity contribution < 1.29 is 9.53 Å². The molecule has 0 radical (unpaired) electrons. The second kappa shape index (κ2) is 7.51. The summed E-state index contributed by atoms with van der Waals surface area (Å²) in [4.78, 5) is 11.3. The van der Waals surface area contributed by atoms with Gasteiger partial charge in [0.1, 0.15) is 12.4 Å². The Morgan fingerprint density at radius 2 is 2.14 bits per heavy atom. The Morgan fingerprint density at radius 3 is 2.82 bits per heavy atom. The number of carbonyl (C=O) groups excluding carboxylic acids is 1. The topological polar surface area (TPSA) is 64.3 Å². The van der Waals surface area contributed by atoms with Crippen molar-refractivity contribution in [3.05, 3.63) is 57.0 Å². The van der Waals surface area contributed by atoms with Crippen molar-refractivity contribution in [3.8, 4) is 5.75 Å². The molecule has 2 aromatic rings. The van der Waals surface area contributed by atoms with E-state index >= 15 is 0 Å². The number of hydrogen-bond acceptors (Lipinski definition) is 3. The van der Waals surface area contributed by atoms with Crippen LogP contribution in [0.15, 0.2) is 40.9 Å². The number of nitrogens with two attached hydrogens (primary N) is 1. The summed E-state index contributed by atoms with van der Waals surface area (Å²) in [5.41, 5.74) is 7.56. The van der Waals surface area contributed by atoms with E-state index < -0.39 is 5.91 Å². The van der Waals surface area contributed by atoms with Crippen LogP contribution in [0.4, 0.5) is 5.69 Å². The summed E-state index contributed by atoms with van der Waals surface area (Å²) in [6.07, 6.45) is 0. The molecular formula is C16H16BrClN2O2. The highest BCUT2D eigenvalue weighted by Crippen LogP contribution is 2.27. The largest absolute Gasteiger partial charge is 0.491 e. The molecule has 4 nitrogen and oxygen atoms in total. The Hall–Kier alpha value is -1.72. The maximum Gasteiger partial charge on any atom is 0.249 e. The molecule has 3 N–H and O–H groups in total. The van der Waals surface area contributed by atoms with Crippen molar-refractivity contribution in [1.29, 1.82) is 0 Å². The Bertz CT molecular complexity index is 692. The molecule has 6 heteroatoms. The second-order valence-corrected chi connectivity index (χ2v) is 5.98. The number of ether oxygens (including phenoxy) is 1. The van der Waals surface area contributed by atoms with Crippen molar-refractivity contribution in [1.82, 2.24) is 0 Å². The molecule has 0 bridgehead atoms. The molecule has 1 amide bonds. The van der Waals surface area contributed by atoms with E-state index in [0.717, 1.165) is 21.5 Å². The van der Waals surface area contributed by atoms with Gasteiger partial charge in [-0.25, -0.2) is 0 Å². The van der Waals surface area contributed by atoms with Gasteiger partial charge in [-0.15, -0.1) is 0 Å². The Morgan fingerprint density at radius 1 is 1.36 bits per heavy atom. The highest BCUT2D eigenvalue weighted by molar-refractivity contribution is 9.10. The SMILES string of the molecule is Cc1c(NCCOc2ccc(Cl)cc2Br)cccc1C(N)=O. The molecule has 0 aliphatic rings. The zero-order chi connectivity index (χ0) is 16.1. The van der Waals surface area contributed by atoms with E-state index in [1.54, 1.807) is 24.3 Å². The average Bonchev–Trinajstić information content (AvgIpc) is 2.46. The second-order valence-electron chi connectivity index (χ2n) is 4.69. The first-order chi connectivity index (χ1) is 10.5. The zero-order valence-electron chi connectivity index (χ0n) is 12.0. The summed E-state index contributed by atoms with van der Waals surface area (Å²) in [5.74, 6) is 0.302. The van der Waals surface area contributed by atoms with Gasteiger partial charge in [0.25, 0.3) is 0 Å². The molecule has 0 saturated heterocycles. The van der Waals surface area contributed by atoms with Crippen LogP contribution >= 0.6 is 27.5 Å². The third-order valence-corrected chi connectivity index (χ3v) is 4.02. The predicted molar refractivity (Wildman–Crippen MR) is 92.8 cm³/mol. The standard InChI is InChI=1S/C16H16BrClN2O2/c1-10-12(16(19)21)3-2-4-14(10)20-7-8-22-15-6-5-11(18)9-13(15)17/h2-6,9,20H,7-8H2,1H3,(H2,19,21). The number of nitrogens with one attached hydrogen (secondary N) is 1. The van der Waals surface area contributed by atoms with Crippen LogP contribution < -0.4 is 15.8 Å². The van der Waals surface area contributed by atoms with Crippen LogP contribution in [-0.2, 0) is 0 Å². The molecule has 0 heterocycles. The van der Waals surface area contributed by atoms with E-state index in [1.165, 1.54) is 0 Å². The molecule has 22 heavy (non-hydrogen) atoms. The third kappa shape index (κ3) is 4.15. The molecule has 0 saturated carbocycles. The number of primary amides is 1. The first-order valence-corrected chi connectivity index (χ1v) is 7.87. The van der Waals surface area contributed by atoms with Gasteiger partial charge in [0.15, 0.2) is 0 Å². The summed E-state index contributed by atoms with van der Waals surface area (Å²) in [6.45, 7) is 2.93. The molecular weight excluding hydrogens is 368 g/mol. The van der Waals surface area contributed by atoms with Gasteiger partial charge < -0.3 is 15.8 Å². The number of hydrogen-bond donors (Lipinski definition) is 2. The molecule has 0 spiro atoms. The first kappa shape index (κ1) is 16.6. The lowest BCUT2D eigenvalue weighted by molar-refractivity contribution is 0.1000. The van der Waals surface area contributed by atoms with Crippen LogP contribution in [0.25, 0.3) is 0 Å². The fraction of sp³-hybridized carbons (Fsp3) is 0.188. The quantitative estimate of drug-likeness (QED) is 0.741. The minimum atomic E-state index is -0.428. The third-order valence-electron chi connectivity index (χ3n) is 3.17. The summed E-state index contributed by atoms with van der Waals surface area (Å²) in [7, 11) is 0. The van der Waals surface area contributed by atoms with Gasteiger partial charge in [0.05, 0.1) is 4.47 Å². The van der Waals surface area contributed by atoms with Gasteiger partial charge in [0.2, 0.25) is 5.91 Å².